The van der Waals surface area contributed by atoms with Crippen LogP contribution in [-0.4, -0.2) is 65.0 Å². The molecule has 130 valence electrons. The van der Waals surface area contributed by atoms with E-state index in [0.29, 0.717) is 11.3 Å². The summed E-state index contributed by atoms with van der Waals surface area (Å²) in [7, 11) is 0. The van der Waals surface area contributed by atoms with Gasteiger partial charge in [0.25, 0.3) is 0 Å². The fourth-order valence-electron chi connectivity index (χ4n) is 3.28. The summed E-state index contributed by atoms with van der Waals surface area (Å²) in [4.78, 5) is 37.2. The van der Waals surface area contributed by atoms with Crippen LogP contribution in [0.2, 0.25) is 0 Å². The SMILES string of the molecule is CC1CN(C(=O)C2CC(=O)N(CC(F)(F)F)C2)CCC1C(=O)O. The predicted molar refractivity (Wildman–Crippen MR) is 72.2 cm³/mol. The van der Waals surface area contributed by atoms with Gasteiger partial charge in [0.05, 0.1) is 11.8 Å². The molecular weight excluding hydrogens is 317 g/mol. The molecule has 3 atom stereocenters. The van der Waals surface area contributed by atoms with E-state index in [1.54, 1.807) is 6.92 Å². The Hall–Kier alpha value is -1.80. The normalized spacial score (nSPS) is 29.0. The van der Waals surface area contributed by atoms with E-state index in [2.05, 4.69) is 0 Å². The van der Waals surface area contributed by atoms with Gasteiger partial charge in [0.2, 0.25) is 11.8 Å². The smallest absolute Gasteiger partial charge is 0.406 e. The number of carboxylic acid groups (broad SMARTS) is 1. The molecule has 0 aliphatic carbocycles. The molecule has 23 heavy (non-hydrogen) atoms. The van der Waals surface area contributed by atoms with Gasteiger partial charge in [-0.3, -0.25) is 14.4 Å². The first-order chi connectivity index (χ1) is 10.6. The Labute approximate surface area is 131 Å². The maximum Gasteiger partial charge on any atom is 0.406 e. The van der Waals surface area contributed by atoms with E-state index in [0.717, 1.165) is 0 Å². The van der Waals surface area contributed by atoms with Gasteiger partial charge in [-0.2, -0.15) is 13.2 Å². The summed E-state index contributed by atoms with van der Waals surface area (Å²) in [6, 6.07) is 0. The van der Waals surface area contributed by atoms with Crippen molar-refractivity contribution in [3.63, 3.8) is 0 Å². The molecule has 2 amide bonds. The lowest BCUT2D eigenvalue weighted by Gasteiger charge is -2.36. The molecule has 0 saturated carbocycles. The molecule has 2 aliphatic rings. The molecule has 0 aromatic carbocycles. The van der Waals surface area contributed by atoms with E-state index in [-0.39, 0.29) is 37.9 Å². The van der Waals surface area contributed by atoms with E-state index in [1.807, 2.05) is 0 Å². The zero-order chi connectivity index (χ0) is 17.4. The molecule has 0 spiro atoms. The Balaban J connectivity index is 1.94. The Kier molecular flexibility index (Phi) is 4.86. The van der Waals surface area contributed by atoms with E-state index in [1.165, 1.54) is 4.90 Å². The van der Waals surface area contributed by atoms with Crippen LogP contribution in [0.1, 0.15) is 19.8 Å². The number of hydrogen-bond acceptors (Lipinski definition) is 3. The highest BCUT2D eigenvalue weighted by atomic mass is 19.4. The van der Waals surface area contributed by atoms with Gasteiger partial charge in [-0.15, -0.1) is 0 Å². The number of aliphatic carboxylic acids is 1. The maximum absolute atomic E-state index is 12.4. The highest BCUT2D eigenvalue weighted by Crippen LogP contribution is 2.28. The van der Waals surface area contributed by atoms with Crippen LogP contribution < -0.4 is 0 Å². The number of piperidine rings is 1. The third kappa shape index (κ3) is 4.14. The predicted octanol–water partition coefficient (Wildman–Crippen LogP) is 0.966. The van der Waals surface area contributed by atoms with Crippen LogP contribution in [-0.2, 0) is 14.4 Å². The summed E-state index contributed by atoms with van der Waals surface area (Å²) in [5, 5.41) is 9.06. The number of amides is 2. The molecule has 0 aromatic rings. The number of halogens is 3. The largest absolute Gasteiger partial charge is 0.481 e. The van der Waals surface area contributed by atoms with Crippen LogP contribution >= 0.6 is 0 Å². The lowest BCUT2D eigenvalue weighted by atomic mass is 9.86. The molecule has 0 radical (unpaired) electrons. The van der Waals surface area contributed by atoms with Gasteiger partial charge in [-0.1, -0.05) is 6.92 Å². The minimum atomic E-state index is -4.48. The van der Waals surface area contributed by atoms with E-state index >= 15 is 0 Å². The van der Waals surface area contributed by atoms with Gasteiger partial charge in [-0.25, -0.2) is 0 Å². The van der Waals surface area contributed by atoms with Gasteiger partial charge in [0.1, 0.15) is 6.54 Å². The number of likely N-dealkylation sites (tertiary alicyclic amines) is 2. The Bertz CT molecular complexity index is 509. The summed E-state index contributed by atoms with van der Waals surface area (Å²) in [6.45, 7) is 0.662. The molecule has 3 unspecified atom stereocenters. The average molecular weight is 336 g/mol. The first kappa shape index (κ1) is 17.6. The monoisotopic (exact) mass is 336 g/mol. The zero-order valence-electron chi connectivity index (χ0n) is 12.7. The molecule has 2 heterocycles. The molecule has 0 aromatic heterocycles. The van der Waals surface area contributed by atoms with Gasteiger partial charge in [-0.05, 0) is 12.3 Å². The second kappa shape index (κ2) is 6.37. The van der Waals surface area contributed by atoms with Crippen LogP contribution in [0.25, 0.3) is 0 Å². The Morgan fingerprint density at radius 2 is 1.96 bits per heavy atom. The molecule has 0 bridgehead atoms. The van der Waals surface area contributed by atoms with E-state index in [4.69, 9.17) is 5.11 Å². The highest BCUT2D eigenvalue weighted by Gasteiger charge is 2.43. The molecule has 2 saturated heterocycles. The van der Waals surface area contributed by atoms with Crippen LogP contribution in [0, 0.1) is 17.8 Å². The van der Waals surface area contributed by atoms with Gasteiger partial charge < -0.3 is 14.9 Å². The fraction of sp³-hybridized carbons (Fsp3) is 0.786. The average Bonchev–Trinajstić information content (AvgIpc) is 2.76. The number of carbonyl (C=O) groups is 3. The number of nitrogens with zero attached hydrogens (tertiary/aromatic N) is 2. The van der Waals surface area contributed by atoms with Crippen molar-refractivity contribution in [3.05, 3.63) is 0 Å². The number of alkyl halides is 3. The lowest BCUT2D eigenvalue weighted by molar-refractivity contribution is -0.157. The molecule has 2 aliphatic heterocycles. The minimum Gasteiger partial charge on any atom is -0.481 e. The van der Waals surface area contributed by atoms with Crippen LogP contribution in [0.4, 0.5) is 13.2 Å². The van der Waals surface area contributed by atoms with Crippen molar-refractivity contribution in [2.24, 2.45) is 17.8 Å². The van der Waals surface area contributed by atoms with Crippen molar-refractivity contribution < 1.29 is 32.7 Å². The number of hydrogen-bond donors (Lipinski definition) is 1. The second-order valence-corrected chi connectivity index (χ2v) is 6.29. The third-order valence-electron chi connectivity index (χ3n) is 4.47. The van der Waals surface area contributed by atoms with Crippen molar-refractivity contribution in [2.45, 2.75) is 25.9 Å². The minimum absolute atomic E-state index is 0.220. The first-order valence-electron chi connectivity index (χ1n) is 7.44. The molecule has 2 rings (SSSR count). The van der Waals surface area contributed by atoms with Gasteiger partial charge >= 0.3 is 12.1 Å². The zero-order valence-corrected chi connectivity index (χ0v) is 12.7. The third-order valence-corrected chi connectivity index (χ3v) is 4.47. The van der Waals surface area contributed by atoms with Crippen molar-refractivity contribution in [3.8, 4) is 0 Å². The molecule has 9 heteroatoms. The standard InChI is InChI=1S/C14H19F3N2O4/c1-8-5-18(3-2-10(8)13(22)23)12(21)9-4-11(20)19(6-9)7-14(15,16)17/h8-10H,2-7H2,1H3,(H,22,23). The highest BCUT2D eigenvalue weighted by molar-refractivity contribution is 5.89. The Morgan fingerprint density at radius 3 is 2.48 bits per heavy atom. The lowest BCUT2D eigenvalue weighted by Crippen LogP contribution is -2.47. The second-order valence-electron chi connectivity index (χ2n) is 6.29. The van der Waals surface area contributed by atoms with E-state index in [9.17, 15) is 27.6 Å². The van der Waals surface area contributed by atoms with Gasteiger partial charge in [0, 0.05) is 26.1 Å². The van der Waals surface area contributed by atoms with Crippen molar-refractivity contribution in [1.82, 2.24) is 9.80 Å². The molecule has 6 nitrogen and oxygen atoms in total. The summed E-state index contributed by atoms with van der Waals surface area (Å²) in [5.41, 5.74) is 0. The Morgan fingerprint density at radius 1 is 1.30 bits per heavy atom. The fourth-order valence-corrected chi connectivity index (χ4v) is 3.28. The van der Waals surface area contributed by atoms with Crippen molar-refractivity contribution in [2.75, 3.05) is 26.2 Å². The number of rotatable bonds is 3. The topological polar surface area (TPSA) is 77.9 Å². The van der Waals surface area contributed by atoms with Crippen LogP contribution in [0.15, 0.2) is 0 Å². The molecule has 2 fully saturated rings. The number of carboxylic acids is 1. The van der Waals surface area contributed by atoms with Crippen LogP contribution in [0.3, 0.4) is 0 Å². The van der Waals surface area contributed by atoms with Gasteiger partial charge in [0.15, 0.2) is 0 Å². The molecule has 1 N–H and O–H groups in total. The quantitative estimate of drug-likeness (QED) is 0.833. The summed E-state index contributed by atoms with van der Waals surface area (Å²) in [6.07, 6.45) is -4.39. The van der Waals surface area contributed by atoms with Crippen molar-refractivity contribution >= 4 is 17.8 Å². The molecular formula is C14H19F3N2O4. The van der Waals surface area contributed by atoms with Crippen molar-refractivity contribution in [1.29, 1.82) is 0 Å². The summed E-state index contributed by atoms with van der Waals surface area (Å²) in [5.74, 6) is -3.47. The van der Waals surface area contributed by atoms with E-state index < -0.39 is 36.4 Å². The summed E-state index contributed by atoms with van der Waals surface area (Å²) >= 11 is 0. The maximum atomic E-state index is 12.4. The first-order valence-corrected chi connectivity index (χ1v) is 7.44. The number of carbonyl (C=O) groups excluding carboxylic acids is 2. The summed E-state index contributed by atoms with van der Waals surface area (Å²) < 4.78 is 37.2. The van der Waals surface area contributed by atoms with Crippen LogP contribution in [0.5, 0.6) is 0 Å².